The van der Waals surface area contributed by atoms with Crippen molar-refractivity contribution >= 4 is 31.6 Å². The molecular weight excluding hydrogens is 300 g/mol. The van der Waals surface area contributed by atoms with E-state index in [4.69, 9.17) is 15.8 Å². The van der Waals surface area contributed by atoms with Crippen LogP contribution in [0.5, 0.6) is 0 Å². The maximum absolute atomic E-state index is 11.8. The molecule has 1 heterocycles. The van der Waals surface area contributed by atoms with Crippen molar-refractivity contribution in [1.82, 2.24) is 0 Å². The molecule has 0 bridgehead atoms. The van der Waals surface area contributed by atoms with Gasteiger partial charge in [0, 0.05) is 10.4 Å². The molecule has 1 atom stereocenters. The predicted molar refractivity (Wildman–Crippen MR) is 66.4 cm³/mol. The summed E-state index contributed by atoms with van der Waals surface area (Å²) in [7, 11) is -7.33. The Hall–Kier alpha value is -0.890. The van der Waals surface area contributed by atoms with Gasteiger partial charge < -0.3 is 0 Å². The van der Waals surface area contributed by atoms with Crippen molar-refractivity contribution in [1.29, 1.82) is 0 Å². The first-order valence-corrected chi connectivity index (χ1v) is 8.38. The SMILES string of the molecule is O=S1(=O)C=C[C@@H](OS(=O)(=O)c2ccc(Cl)cc2)C1. The number of hydrogen-bond acceptors (Lipinski definition) is 5. The van der Waals surface area contributed by atoms with Crippen molar-refractivity contribution in [3.63, 3.8) is 0 Å². The third kappa shape index (κ3) is 3.11. The Labute approximate surface area is 110 Å². The molecule has 2 rings (SSSR count). The Morgan fingerprint density at radius 2 is 1.83 bits per heavy atom. The van der Waals surface area contributed by atoms with Gasteiger partial charge in [-0.3, -0.25) is 4.18 Å². The van der Waals surface area contributed by atoms with Crippen molar-refractivity contribution in [2.75, 3.05) is 5.75 Å². The minimum atomic E-state index is -3.98. The second kappa shape index (κ2) is 4.65. The molecule has 0 spiro atoms. The third-order valence-electron chi connectivity index (χ3n) is 2.25. The van der Waals surface area contributed by atoms with E-state index >= 15 is 0 Å². The van der Waals surface area contributed by atoms with Gasteiger partial charge in [-0.1, -0.05) is 11.6 Å². The van der Waals surface area contributed by atoms with E-state index in [2.05, 4.69) is 0 Å². The first-order chi connectivity index (χ1) is 8.28. The molecule has 0 fully saturated rings. The summed E-state index contributed by atoms with van der Waals surface area (Å²) in [6, 6.07) is 5.42. The standard InChI is InChI=1S/C10H9ClO5S2/c11-8-1-3-10(4-2-8)18(14,15)16-9-5-6-17(12,13)7-9/h1-6,9H,7H2/t9-/m1/s1. The summed E-state index contributed by atoms with van der Waals surface area (Å²) in [5.41, 5.74) is 0. The molecule has 1 aromatic carbocycles. The van der Waals surface area contributed by atoms with Gasteiger partial charge in [0.25, 0.3) is 10.1 Å². The fourth-order valence-corrected chi connectivity index (χ4v) is 3.84. The van der Waals surface area contributed by atoms with E-state index in [1.165, 1.54) is 30.3 Å². The predicted octanol–water partition coefficient (Wildman–Crippen LogP) is 1.36. The second-order valence-electron chi connectivity index (χ2n) is 3.70. The van der Waals surface area contributed by atoms with Crippen LogP contribution in [0, 0.1) is 0 Å². The van der Waals surface area contributed by atoms with Gasteiger partial charge in [-0.05, 0) is 30.3 Å². The summed E-state index contributed by atoms with van der Waals surface area (Å²) in [4.78, 5) is -0.0652. The van der Waals surface area contributed by atoms with Crippen LogP contribution in [-0.4, -0.2) is 28.7 Å². The lowest BCUT2D eigenvalue weighted by Gasteiger charge is -2.09. The van der Waals surface area contributed by atoms with Crippen LogP contribution in [0.25, 0.3) is 0 Å². The zero-order valence-electron chi connectivity index (χ0n) is 8.98. The van der Waals surface area contributed by atoms with Crippen molar-refractivity contribution in [2.24, 2.45) is 0 Å². The number of rotatable bonds is 3. The molecule has 0 saturated carbocycles. The molecular formula is C10H9ClO5S2. The number of halogens is 1. The van der Waals surface area contributed by atoms with Crippen LogP contribution in [0.4, 0.5) is 0 Å². The summed E-state index contributed by atoms with van der Waals surface area (Å²) < 4.78 is 50.7. The maximum atomic E-state index is 11.8. The van der Waals surface area contributed by atoms with E-state index in [0.717, 1.165) is 5.41 Å². The van der Waals surface area contributed by atoms with Gasteiger partial charge in [0.05, 0.1) is 10.6 Å². The zero-order chi connectivity index (χ0) is 13.4. The molecule has 0 saturated heterocycles. The van der Waals surface area contributed by atoms with Gasteiger partial charge >= 0.3 is 0 Å². The lowest BCUT2D eigenvalue weighted by Crippen LogP contribution is -2.20. The van der Waals surface area contributed by atoms with Crippen LogP contribution in [0.1, 0.15) is 0 Å². The van der Waals surface area contributed by atoms with Gasteiger partial charge in [0.1, 0.15) is 6.10 Å². The topological polar surface area (TPSA) is 77.5 Å². The third-order valence-corrected chi connectivity index (χ3v) is 5.22. The molecule has 0 aliphatic carbocycles. The number of sulfone groups is 1. The Bertz CT molecular complexity index is 673. The number of hydrogen-bond donors (Lipinski definition) is 0. The Morgan fingerprint density at radius 3 is 2.33 bits per heavy atom. The molecule has 18 heavy (non-hydrogen) atoms. The van der Waals surface area contributed by atoms with Crippen molar-refractivity contribution in [2.45, 2.75) is 11.0 Å². The van der Waals surface area contributed by atoms with Crippen molar-refractivity contribution < 1.29 is 21.0 Å². The Balaban J connectivity index is 2.19. The summed E-state index contributed by atoms with van der Waals surface area (Å²) in [5.74, 6) is -0.361. The van der Waals surface area contributed by atoms with Crippen LogP contribution < -0.4 is 0 Å². The van der Waals surface area contributed by atoms with Gasteiger partial charge in [-0.2, -0.15) is 8.42 Å². The highest BCUT2D eigenvalue weighted by molar-refractivity contribution is 7.94. The minimum Gasteiger partial charge on any atom is -0.258 e. The highest BCUT2D eigenvalue weighted by Crippen LogP contribution is 2.20. The van der Waals surface area contributed by atoms with E-state index in [-0.39, 0.29) is 10.6 Å². The summed E-state index contributed by atoms with van der Waals surface area (Å²) >= 11 is 5.64. The van der Waals surface area contributed by atoms with Crippen molar-refractivity contribution in [3.05, 3.63) is 40.8 Å². The fraction of sp³-hybridized carbons (Fsp3) is 0.200. The average molecular weight is 309 g/mol. The molecule has 5 nitrogen and oxygen atoms in total. The molecule has 0 unspecified atom stereocenters. The highest BCUT2D eigenvalue weighted by Gasteiger charge is 2.28. The van der Waals surface area contributed by atoms with E-state index in [1.807, 2.05) is 0 Å². The molecule has 1 aliphatic heterocycles. The minimum absolute atomic E-state index is 0.0652. The second-order valence-corrected chi connectivity index (χ2v) is 7.64. The highest BCUT2D eigenvalue weighted by atomic mass is 35.5. The van der Waals surface area contributed by atoms with Crippen LogP contribution in [-0.2, 0) is 24.1 Å². The molecule has 0 amide bonds. The van der Waals surface area contributed by atoms with Crippen molar-refractivity contribution in [3.8, 4) is 0 Å². The maximum Gasteiger partial charge on any atom is 0.297 e. The van der Waals surface area contributed by atoms with Crippen LogP contribution in [0.15, 0.2) is 40.6 Å². The van der Waals surface area contributed by atoms with Gasteiger partial charge in [0.15, 0.2) is 9.84 Å². The number of benzene rings is 1. The van der Waals surface area contributed by atoms with E-state index in [0.29, 0.717) is 5.02 Å². The van der Waals surface area contributed by atoms with Gasteiger partial charge in [-0.25, -0.2) is 8.42 Å². The fourth-order valence-electron chi connectivity index (χ4n) is 1.43. The lowest BCUT2D eigenvalue weighted by atomic mass is 10.4. The molecule has 0 aromatic heterocycles. The van der Waals surface area contributed by atoms with E-state index in [1.54, 1.807) is 0 Å². The smallest absolute Gasteiger partial charge is 0.258 e. The van der Waals surface area contributed by atoms with Gasteiger partial charge in [-0.15, -0.1) is 0 Å². The molecule has 1 aliphatic rings. The summed E-state index contributed by atoms with van der Waals surface area (Å²) in [5, 5.41) is 1.35. The first kappa shape index (κ1) is 13.5. The largest absolute Gasteiger partial charge is 0.297 e. The first-order valence-electron chi connectivity index (χ1n) is 4.88. The van der Waals surface area contributed by atoms with Crippen LogP contribution in [0.2, 0.25) is 5.02 Å². The zero-order valence-corrected chi connectivity index (χ0v) is 11.4. The Morgan fingerprint density at radius 1 is 1.22 bits per heavy atom. The van der Waals surface area contributed by atoms with E-state index in [9.17, 15) is 16.8 Å². The van der Waals surface area contributed by atoms with Crippen LogP contribution >= 0.6 is 11.6 Å². The normalized spacial score (nSPS) is 22.2. The molecule has 8 heteroatoms. The monoisotopic (exact) mass is 308 g/mol. The Kier molecular flexibility index (Phi) is 3.50. The summed E-state index contributed by atoms with van der Waals surface area (Å²) in [6.07, 6.45) is 0.235. The lowest BCUT2D eigenvalue weighted by molar-refractivity contribution is 0.279. The van der Waals surface area contributed by atoms with Crippen LogP contribution in [0.3, 0.4) is 0 Å². The average Bonchev–Trinajstić information content (AvgIpc) is 2.57. The molecule has 0 N–H and O–H groups in total. The quantitative estimate of drug-likeness (QED) is 0.788. The van der Waals surface area contributed by atoms with Gasteiger partial charge in [0.2, 0.25) is 0 Å². The molecule has 0 radical (unpaired) electrons. The van der Waals surface area contributed by atoms with E-state index < -0.39 is 26.1 Å². The molecule has 1 aromatic rings. The molecule has 98 valence electrons. The summed E-state index contributed by atoms with van der Waals surface area (Å²) in [6.45, 7) is 0.